The number of aromatic nitrogens is 1. The van der Waals surface area contributed by atoms with Gasteiger partial charge in [-0.15, -0.1) is 0 Å². The van der Waals surface area contributed by atoms with Crippen molar-refractivity contribution in [1.29, 1.82) is 0 Å². The van der Waals surface area contributed by atoms with Crippen molar-refractivity contribution < 1.29 is 32.9 Å². The van der Waals surface area contributed by atoms with Crippen LogP contribution in [0.4, 0.5) is 13.2 Å². The number of carboxylic acid groups (broad SMARTS) is 1. The number of ether oxygens (including phenoxy) is 1. The Morgan fingerprint density at radius 1 is 1.22 bits per heavy atom. The van der Waals surface area contributed by atoms with Gasteiger partial charge in [-0.05, 0) is 68.1 Å². The average molecular weight is 513 g/mol. The van der Waals surface area contributed by atoms with E-state index in [1.165, 1.54) is 7.11 Å². The number of hydrogen-bond donors (Lipinski definition) is 2. The Morgan fingerprint density at radius 3 is 2.78 bits per heavy atom. The number of rotatable bonds is 7. The molecular formula is C28H27F3N2O4. The van der Waals surface area contributed by atoms with Gasteiger partial charge in [0.25, 0.3) is 0 Å². The lowest BCUT2D eigenvalue weighted by Crippen LogP contribution is -2.44. The van der Waals surface area contributed by atoms with Crippen molar-refractivity contribution in [2.24, 2.45) is 11.8 Å². The minimum absolute atomic E-state index is 0.0489. The molecule has 2 heterocycles. The standard InChI is InChI=1S/C28H27F3N2O4/c1-37-20-6-8-25-21(14-20)27(24(31)15-32-25)26(34)9-4-17-10-12-33(16-22(17)28(35)36)11-2-3-18-13-19(29)5-7-23(18)30/h5-8,13-15,17,22,26,34H,4,9-12,16H2,1H3,(H,35,36). The van der Waals surface area contributed by atoms with E-state index in [1.54, 1.807) is 18.2 Å². The summed E-state index contributed by atoms with van der Waals surface area (Å²) in [5.74, 6) is 2.19. The zero-order valence-corrected chi connectivity index (χ0v) is 20.3. The molecule has 1 aliphatic heterocycles. The van der Waals surface area contributed by atoms with Gasteiger partial charge in [-0.3, -0.25) is 14.7 Å². The Bertz CT molecular complexity index is 1350. The SMILES string of the molecule is COc1ccc2ncc(F)c(C(O)CCC3CCN(CC#Cc4cc(F)ccc4F)CC3C(=O)O)c2c1. The van der Waals surface area contributed by atoms with Crippen molar-refractivity contribution in [3.05, 3.63) is 71.2 Å². The van der Waals surface area contributed by atoms with E-state index in [-0.39, 0.29) is 36.6 Å². The van der Waals surface area contributed by atoms with Crippen molar-refractivity contribution in [2.75, 3.05) is 26.7 Å². The summed E-state index contributed by atoms with van der Waals surface area (Å²) in [4.78, 5) is 17.9. The number of aliphatic carboxylic acids is 1. The third-order valence-corrected chi connectivity index (χ3v) is 6.82. The van der Waals surface area contributed by atoms with Crippen LogP contribution in [0.5, 0.6) is 5.75 Å². The number of methoxy groups -OCH3 is 1. The van der Waals surface area contributed by atoms with E-state index in [0.717, 1.165) is 24.4 Å². The quantitative estimate of drug-likeness (QED) is 0.452. The number of aliphatic hydroxyl groups excluding tert-OH is 1. The van der Waals surface area contributed by atoms with E-state index >= 15 is 0 Å². The topological polar surface area (TPSA) is 82.9 Å². The van der Waals surface area contributed by atoms with Crippen LogP contribution < -0.4 is 4.74 Å². The summed E-state index contributed by atoms with van der Waals surface area (Å²) in [5, 5.41) is 21.2. The van der Waals surface area contributed by atoms with Gasteiger partial charge in [0.15, 0.2) is 0 Å². The van der Waals surface area contributed by atoms with E-state index in [9.17, 15) is 28.2 Å². The molecule has 0 spiro atoms. The second-order valence-electron chi connectivity index (χ2n) is 9.15. The molecule has 1 aliphatic rings. The van der Waals surface area contributed by atoms with Crippen LogP contribution in [-0.4, -0.2) is 52.8 Å². The molecule has 1 saturated heterocycles. The van der Waals surface area contributed by atoms with Crippen LogP contribution in [0.2, 0.25) is 0 Å². The maximum Gasteiger partial charge on any atom is 0.308 e. The maximum absolute atomic E-state index is 14.7. The van der Waals surface area contributed by atoms with E-state index in [2.05, 4.69) is 16.8 Å². The van der Waals surface area contributed by atoms with Gasteiger partial charge >= 0.3 is 5.97 Å². The van der Waals surface area contributed by atoms with E-state index in [1.807, 2.05) is 4.90 Å². The molecule has 4 rings (SSSR count). The molecule has 1 aromatic heterocycles. The number of pyridine rings is 1. The summed E-state index contributed by atoms with van der Waals surface area (Å²) in [6.07, 6.45) is 1.05. The van der Waals surface area contributed by atoms with Crippen LogP contribution in [0, 0.1) is 41.1 Å². The van der Waals surface area contributed by atoms with E-state index in [4.69, 9.17) is 4.74 Å². The van der Waals surface area contributed by atoms with Crippen molar-refractivity contribution in [2.45, 2.75) is 25.4 Å². The molecule has 3 atom stereocenters. The molecule has 3 aromatic rings. The summed E-state index contributed by atoms with van der Waals surface area (Å²) in [6, 6.07) is 8.06. The van der Waals surface area contributed by atoms with E-state index in [0.29, 0.717) is 36.0 Å². The number of nitrogens with zero attached hydrogens (tertiary/aromatic N) is 2. The van der Waals surface area contributed by atoms with Crippen molar-refractivity contribution in [1.82, 2.24) is 9.88 Å². The van der Waals surface area contributed by atoms with Crippen LogP contribution in [0.25, 0.3) is 10.9 Å². The molecule has 3 unspecified atom stereocenters. The fourth-order valence-corrected chi connectivity index (χ4v) is 4.83. The molecule has 37 heavy (non-hydrogen) atoms. The van der Waals surface area contributed by atoms with Gasteiger partial charge < -0.3 is 14.9 Å². The second kappa shape index (κ2) is 11.6. The number of carboxylic acids is 1. The highest BCUT2D eigenvalue weighted by Gasteiger charge is 2.34. The molecule has 6 nitrogen and oxygen atoms in total. The number of fused-ring (bicyclic) bond motifs is 1. The summed E-state index contributed by atoms with van der Waals surface area (Å²) in [6.45, 7) is 1.01. The van der Waals surface area contributed by atoms with Gasteiger partial charge in [-0.25, -0.2) is 13.2 Å². The zero-order chi connectivity index (χ0) is 26.5. The minimum atomic E-state index is -1.14. The molecular weight excluding hydrogens is 485 g/mol. The summed E-state index contributed by atoms with van der Waals surface area (Å²) in [5.41, 5.74) is 0.590. The Kier molecular flexibility index (Phi) is 8.31. The molecule has 0 aliphatic carbocycles. The lowest BCUT2D eigenvalue weighted by Gasteiger charge is -2.36. The van der Waals surface area contributed by atoms with E-state index < -0.39 is 35.4 Å². The van der Waals surface area contributed by atoms with Crippen LogP contribution in [0.15, 0.2) is 42.6 Å². The predicted octanol–water partition coefficient (Wildman–Crippen LogP) is 4.55. The number of benzene rings is 2. The van der Waals surface area contributed by atoms with Crippen LogP contribution in [0.1, 0.15) is 36.5 Å². The number of aliphatic hydroxyl groups is 1. The summed E-state index contributed by atoms with van der Waals surface area (Å²) in [7, 11) is 1.49. The average Bonchev–Trinajstić information content (AvgIpc) is 2.89. The zero-order valence-electron chi connectivity index (χ0n) is 20.3. The molecule has 2 aromatic carbocycles. The third kappa shape index (κ3) is 6.21. The maximum atomic E-state index is 14.7. The number of piperidine rings is 1. The fraction of sp³-hybridized carbons (Fsp3) is 0.357. The number of hydrogen-bond acceptors (Lipinski definition) is 5. The van der Waals surface area contributed by atoms with Crippen molar-refractivity contribution in [3.63, 3.8) is 0 Å². The number of halogens is 3. The van der Waals surface area contributed by atoms with Gasteiger partial charge in [-0.2, -0.15) is 0 Å². The third-order valence-electron chi connectivity index (χ3n) is 6.82. The highest BCUT2D eigenvalue weighted by atomic mass is 19.1. The predicted molar refractivity (Wildman–Crippen MR) is 131 cm³/mol. The van der Waals surface area contributed by atoms with Crippen LogP contribution in [0.3, 0.4) is 0 Å². The molecule has 194 valence electrons. The highest BCUT2D eigenvalue weighted by molar-refractivity contribution is 5.84. The molecule has 9 heteroatoms. The Balaban J connectivity index is 1.41. The van der Waals surface area contributed by atoms with Gasteiger partial charge in [0.05, 0.1) is 43.0 Å². The first-order valence-corrected chi connectivity index (χ1v) is 12.0. The van der Waals surface area contributed by atoms with Crippen LogP contribution >= 0.6 is 0 Å². The van der Waals surface area contributed by atoms with Gasteiger partial charge in [0.1, 0.15) is 23.2 Å². The molecule has 2 N–H and O–H groups in total. The summed E-state index contributed by atoms with van der Waals surface area (Å²) < 4.78 is 47.0. The Hall–Kier alpha value is -3.61. The second-order valence-corrected chi connectivity index (χ2v) is 9.15. The smallest absolute Gasteiger partial charge is 0.308 e. The molecule has 1 fully saturated rings. The van der Waals surface area contributed by atoms with Gasteiger partial charge in [-0.1, -0.05) is 11.8 Å². The van der Waals surface area contributed by atoms with Gasteiger partial charge in [0.2, 0.25) is 0 Å². The molecule has 0 bridgehead atoms. The lowest BCUT2D eigenvalue weighted by atomic mass is 9.81. The monoisotopic (exact) mass is 512 g/mol. The molecule has 0 saturated carbocycles. The minimum Gasteiger partial charge on any atom is -0.497 e. The first-order valence-electron chi connectivity index (χ1n) is 12.0. The van der Waals surface area contributed by atoms with Crippen molar-refractivity contribution in [3.8, 4) is 17.6 Å². The summed E-state index contributed by atoms with van der Waals surface area (Å²) >= 11 is 0. The lowest BCUT2D eigenvalue weighted by molar-refractivity contribution is -0.146. The first-order chi connectivity index (χ1) is 17.8. The largest absolute Gasteiger partial charge is 0.497 e. The molecule has 0 amide bonds. The highest BCUT2D eigenvalue weighted by Crippen LogP contribution is 2.34. The number of carbonyl (C=O) groups is 1. The van der Waals surface area contributed by atoms with Crippen LogP contribution in [-0.2, 0) is 4.79 Å². The van der Waals surface area contributed by atoms with Gasteiger partial charge in [0, 0.05) is 17.5 Å². The Morgan fingerprint density at radius 2 is 2.03 bits per heavy atom. The first kappa shape index (κ1) is 26.5. The fourth-order valence-electron chi connectivity index (χ4n) is 4.83. The normalized spacial score (nSPS) is 18.7. The molecule has 0 radical (unpaired) electrons. The number of likely N-dealkylation sites (tertiary alicyclic amines) is 1. The Labute approximate surface area is 212 Å². The van der Waals surface area contributed by atoms with Crippen molar-refractivity contribution >= 4 is 16.9 Å².